The molecule has 1 aromatic heterocycles. The maximum Gasteiger partial charge on any atom is 0.335 e. The molecule has 0 fully saturated rings. The van der Waals surface area contributed by atoms with Gasteiger partial charge in [0.05, 0.1) is 28.0 Å². The zero-order chi connectivity index (χ0) is 20.4. The van der Waals surface area contributed by atoms with E-state index in [1.807, 2.05) is 0 Å². The van der Waals surface area contributed by atoms with Gasteiger partial charge < -0.3 is 5.11 Å². The van der Waals surface area contributed by atoms with Crippen LogP contribution in [0.1, 0.15) is 35.3 Å². The van der Waals surface area contributed by atoms with E-state index in [4.69, 9.17) is 9.97 Å². The van der Waals surface area contributed by atoms with E-state index in [2.05, 4.69) is 62.4 Å². The zero-order valence-electron chi connectivity index (χ0n) is 16.5. The van der Waals surface area contributed by atoms with Crippen molar-refractivity contribution in [2.75, 3.05) is 0 Å². The fourth-order valence-electron chi connectivity index (χ4n) is 3.39. The summed E-state index contributed by atoms with van der Waals surface area (Å²) in [6, 6.07) is 21.5. The van der Waals surface area contributed by atoms with Crippen LogP contribution in [0.4, 0.5) is 0 Å². The molecule has 0 amide bonds. The molecular formula is C25H22N2O2. The van der Waals surface area contributed by atoms with Crippen LogP contribution in [-0.4, -0.2) is 21.0 Å². The largest absolute Gasteiger partial charge is 0.478 e. The zero-order valence-corrected chi connectivity index (χ0v) is 16.5. The Morgan fingerprint density at radius 1 is 0.724 bits per heavy atom. The Hall–Kier alpha value is -3.53. The predicted molar refractivity (Wildman–Crippen MR) is 116 cm³/mol. The lowest BCUT2D eigenvalue weighted by molar-refractivity contribution is 0.0697. The minimum Gasteiger partial charge on any atom is -0.478 e. The average molecular weight is 382 g/mol. The van der Waals surface area contributed by atoms with Crippen LogP contribution in [0.25, 0.3) is 33.5 Å². The molecule has 0 saturated heterocycles. The summed E-state index contributed by atoms with van der Waals surface area (Å²) in [7, 11) is 0. The van der Waals surface area contributed by atoms with Crippen molar-refractivity contribution in [3.8, 4) is 22.5 Å². The summed E-state index contributed by atoms with van der Waals surface area (Å²) in [5, 5.41) is 9.32. The second-order valence-electron chi connectivity index (χ2n) is 7.03. The minimum absolute atomic E-state index is 0.208. The van der Waals surface area contributed by atoms with E-state index in [1.165, 1.54) is 11.1 Å². The Morgan fingerprint density at radius 3 is 1.66 bits per heavy atom. The smallest absolute Gasteiger partial charge is 0.335 e. The van der Waals surface area contributed by atoms with Crippen molar-refractivity contribution >= 4 is 17.0 Å². The highest BCUT2D eigenvalue weighted by Gasteiger charge is 2.15. The number of aromatic carboxylic acids is 1. The number of fused-ring (bicyclic) bond motifs is 1. The van der Waals surface area contributed by atoms with Crippen LogP contribution < -0.4 is 0 Å². The van der Waals surface area contributed by atoms with Gasteiger partial charge in [0.1, 0.15) is 0 Å². The maximum atomic E-state index is 11.4. The lowest BCUT2D eigenvalue weighted by Crippen LogP contribution is -1.99. The van der Waals surface area contributed by atoms with Crippen molar-refractivity contribution in [3.63, 3.8) is 0 Å². The van der Waals surface area contributed by atoms with Crippen LogP contribution in [0.15, 0.2) is 66.7 Å². The summed E-state index contributed by atoms with van der Waals surface area (Å²) in [5.41, 5.74) is 7.50. The van der Waals surface area contributed by atoms with Gasteiger partial charge in [0.15, 0.2) is 0 Å². The number of benzene rings is 3. The van der Waals surface area contributed by atoms with Gasteiger partial charge in [-0.15, -0.1) is 0 Å². The first-order valence-electron chi connectivity index (χ1n) is 9.82. The molecule has 144 valence electrons. The van der Waals surface area contributed by atoms with Gasteiger partial charge in [0.2, 0.25) is 0 Å². The molecule has 0 aliphatic carbocycles. The summed E-state index contributed by atoms with van der Waals surface area (Å²) >= 11 is 0. The van der Waals surface area contributed by atoms with Crippen molar-refractivity contribution < 1.29 is 9.90 Å². The van der Waals surface area contributed by atoms with E-state index in [1.54, 1.807) is 18.2 Å². The molecule has 4 aromatic rings. The van der Waals surface area contributed by atoms with Crippen molar-refractivity contribution in [1.29, 1.82) is 0 Å². The van der Waals surface area contributed by atoms with Crippen molar-refractivity contribution in [1.82, 2.24) is 9.97 Å². The molecule has 0 saturated carbocycles. The average Bonchev–Trinajstić information content (AvgIpc) is 2.78. The molecule has 3 aromatic carbocycles. The van der Waals surface area contributed by atoms with E-state index in [-0.39, 0.29) is 5.56 Å². The first-order valence-corrected chi connectivity index (χ1v) is 9.82. The molecule has 1 heterocycles. The molecule has 1 N–H and O–H groups in total. The third-order valence-corrected chi connectivity index (χ3v) is 5.18. The summed E-state index contributed by atoms with van der Waals surface area (Å²) < 4.78 is 0. The molecule has 4 rings (SSSR count). The summed E-state index contributed by atoms with van der Waals surface area (Å²) in [6.07, 6.45) is 1.95. The molecule has 0 bridgehead atoms. The van der Waals surface area contributed by atoms with Gasteiger partial charge in [-0.05, 0) is 42.2 Å². The van der Waals surface area contributed by atoms with Crippen molar-refractivity contribution in [3.05, 3.63) is 83.4 Å². The van der Waals surface area contributed by atoms with Crippen LogP contribution in [-0.2, 0) is 12.8 Å². The molecule has 0 atom stereocenters. The van der Waals surface area contributed by atoms with E-state index in [9.17, 15) is 9.90 Å². The number of nitrogens with zero attached hydrogens (tertiary/aromatic N) is 2. The Labute approximate surface area is 169 Å². The molecule has 0 aliphatic heterocycles. The fraction of sp³-hybridized carbons (Fsp3) is 0.160. The number of carboxylic acid groups (broad SMARTS) is 1. The fourth-order valence-corrected chi connectivity index (χ4v) is 3.39. The number of hydrogen-bond acceptors (Lipinski definition) is 3. The molecule has 4 heteroatoms. The van der Waals surface area contributed by atoms with Crippen molar-refractivity contribution in [2.45, 2.75) is 26.7 Å². The van der Waals surface area contributed by atoms with Gasteiger partial charge in [-0.1, -0.05) is 62.4 Å². The van der Waals surface area contributed by atoms with Gasteiger partial charge >= 0.3 is 5.97 Å². The van der Waals surface area contributed by atoms with Gasteiger partial charge in [-0.25, -0.2) is 14.8 Å². The number of hydrogen-bond donors (Lipinski definition) is 1. The number of rotatable bonds is 5. The van der Waals surface area contributed by atoms with Crippen LogP contribution in [0.3, 0.4) is 0 Å². The maximum absolute atomic E-state index is 11.4. The van der Waals surface area contributed by atoms with Gasteiger partial charge in [-0.2, -0.15) is 0 Å². The minimum atomic E-state index is -0.971. The summed E-state index contributed by atoms with van der Waals surface area (Å²) in [4.78, 5) is 21.1. The summed E-state index contributed by atoms with van der Waals surface area (Å²) in [5.74, 6) is -0.971. The van der Waals surface area contributed by atoms with Crippen LogP contribution in [0.5, 0.6) is 0 Å². The summed E-state index contributed by atoms with van der Waals surface area (Å²) in [6.45, 7) is 4.25. The third kappa shape index (κ3) is 3.74. The second kappa shape index (κ2) is 7.84. The van der Waals surface area contributed by atoms with Crippen LogP contribution in [0, 0.1) is 0 Å². The standard InChI is InChI=1S/C25H22N2O2/c1-3-16-5-9-18(10-6-16)23-24(19-11-7-17(4-2)8-12-19)27-22-15-20(25(28)29)13-14-21(22)26-23/h5-15H,3-4H2,1-2H3,(H,28,29). The molecule has 0 unspecified atom stereocenters. The molecule has 29 heavy (non-hydrogen) atoms. The van der Waals surface area contributed by atoms with E-state index < -0.39 is 5.97 Å². The topological polar surface area (TPSA) is 63.1 Å². The highest BCUT2D eigenvalue weighted by molar-refractivity contribution is 5.94. The SMILES string of the molecule is CCc1ccc(-c2nc3ccc(C(=O)O)cc3nc2-c2ccc(CC)cc2)cc1. The predicted octanol–water partition coefficient (Wildman–Crippen LogP) is 5.79. The first kappa shape index (κ1) is 18.8. The lowest BCUT2D eigenvalue weighted by Gasteiger charge is -2.12. The number of carbonyl (C=O) groups is 1. The number of carboxylic acids is 1. The molecule has 0 radical (unpaired) electrons. The van der Waals surface area contributed by atoms with Crippen LogP contribution in [0.2, 0.25) is 0 Å². The number of aryl methyl sites for hydroxylation is 2. The third-order valence-electron chi connectivity index (χ3n) is 5.18. The van der Waals surface area contributed by atoms with E-state index in [0.29, 0.717) is 11.0 Å². The highest BCUT2D eigenvalue weighted by Crippen LogP contribution is 2.31. The first-order chi connectivity index (χ1) is 14.1. The van der Waals surface area contributed by atoms with Crippen molar-refractivity contribution in [2.24, 2.45) is 0 Å². The Balaban J connectivity index is 1.94. The molecule has 0 spiro atoms. The monoisotopic (exact) mass is 382 g/mol. The van der Waals surface area contributed by atoms with E-state index >= 15 is 0 Å². The van der Waals surface area contributed by atoms with Gasteiger partial charge in [0, 0.05) is 11.1 Å². The quantitative estimate of drug-likeness (QED) is 0.475. The normalized spacial score (nSPS) is 11.0. The molecule has 4 nitrogen and oxygen atoms in total. The molecular weight excluding hydrogens is 360 g/mol. The van der Waals surface area contributed by atoms with Gasteiger partial charge in [0.25, 0.3) is 0 Å². The number of aromatic nitrogens is 2. The van der Waals surface area contributed by atoms with Crippen LogP contribution >= 0.6 is 0 Å². The Morgan fingerprint density at radius 2 is 1.21 bits per heavy atom. The Bertz CT molecular complexity index is 1180. The lowest BCUT2D eigenvalue weighted by atomic mass is 10.0. The molecule has 0 aliphatic rings. The van der Waals surface area contributed by atoms with E-state index in [0.717, 1.165) is 35.4 Å². The Kier molecular flexibility index (Phi) is 5.09. The van der Waals surface area contributed by atoms with Gasteiger partial charge in [-0.3, -0.25) is 0 Å². The highest BCUT2D eigenvalue weighted by atomic mass is 16.4. The second-order valence-corrected chi connectivity index (χ2v) is 7.03.